The van der Waals surface area contributed by atoms with Crippen LogP contribution in [0.2, 0.25) is 0 Å². The largest absolute Gasteiger partial charge is 0.357 e. The van der Waals surface area contributed by atoms with Crippen LogP contribution in [0.3, 0.4) is 0 Å². The lowest BCUT2D eigenvalue weighted by Gasteiger charge is -2.09. The Morgan fingerprint density at radius 2 is 1.90 bits per heavy atom. The molecular weight excluding hydrogens is 270 g/mol. The van der Waals surface area contributed by atoms with Gasteiger partial charge in [-0.15, -0.1) is 0 Å². The van der Waals surface area contributed by atoms with Crippen molar-refractivity contribution in [2.45, 2.75) is 19.8 Å². The van der Waals surface area contributed by atoms with Crippen molar-refractivity contribution in [3.63, 3.8) is 0 Å². The summed E-state index contributed by atoms with van der Waals surface area (Å²) >= 11 is 0. The molecule has 0 unspecified atom stereocenters. The van der Waals surface area contributed by atoms with E-state index in [1.54, 1.807) is 7.05 Å². The Morgan fingerprint density at radius 3 is 2.43 bits per heavy atom. The van der Waals surface area contributed by atoms with E-state index in [4.69, 9.17) is 0 Å². The number of benzene rings is 1. The van der Waals surface area contributed by atoms with Gasteiger partial charge in [0.1, 0.15) is 6.20 Å². The van der Waals surface area contributed by atoms with Crippen LogP contribution in [-0.2, 0) is 0 Å². The maximum absolute atomic E-state index is 11.0. The van der Waals surface area contributed by atoms with Crippen molar-refractivity contribution in [3.05, 3.63) is 46.1 Å². The molecule has 7 nitrogen and oxygen atoms in total. The van der Waals surface area contributed by atoms with Gasteiger partial charge in [0, 0.05) is 12.7 Å². The smallest absolute Gasteiger partial charge is 0.329 e. The Labute approximate surface area is 122 Å². The van der Waals surface area contributed by atoms with Gasteiger partial charge in [0.2, 0.25) is 11.8 Å². The predicted molar refractivity (Wildman–Crippen MR) is 82.0 cm³/mol. The number of aromatic nitrogens is 2. The van der Waals surface area contributed by atoms with E-state index in [-0.39, 0.29) is 11.5 Å². The summed E-state index contributed by atoms with van der Waals surface area (Å²) in [5.41, 5.74) is 1.78. The van der Waals surface area contributed by atoms with Crippen LogP contribution in [0.5, 0.6) is 0 Å². The molecule has 0 bridgehead atoms. The average Bonchev–Trinajstić information content (AvgIpc) is 2.47. The second kappa shape index (κ2) is 6.17. The van der Waals surface area contributed by atoms with Crippen LogP contribution < -0.4 is 10.6 Å². The zero-order valence-electron chi connectivity index (χ0n) is 12.1. The van der Waals surface area contributed by atoms with Gasteiger partial charge in [0.25, 0.3) is 0 Å². The second-order valence-corrected chi connectivity index (χ2v) is 4.84. The molecule has 1 aromatic heterocycles. The molecule has 21 heavy (non-hydrogen) atoms. The minimum absolute atomic E-state index is 0.164. The minimum Gasteiger partial charge on any atom is -0.357 e. The molecule has 0 atom stereocenters. The normalized spacial score (nSPS) is 10.5. The first-order valence-electron chi connectivity index (χ1n) is 6.57. The molecule has 2 aromatic rings. The lowest BCUT2D eigenvalue weighted by Crippen LogP contribution is -2.04. The van der Waals surface area contributed by atoms with Gasteiger partial charge in [-0.2, -0.15) is 4.98 Å². The van der Waals surface area contributed by atoms with Gasteiger partial charge >= 0.3 is 5.69 Å². The van der Waals surface area contributed by atoms with E-state index >= 15 is 0 Å². The number of hydrogen-bond acceptors (Lipinski definition) is 6. The SMILES string of the molecule is CNc1ncc([N+](=O)[O-])c(Nc2ccc(C(C)C)cc2)n1. The third kappa shape index (κ3) is 3.44. The Kier molecular flexibility index (Phi) is 4.32. The number of nitro groups is 1. The van der Waals surface area contributed by atoms with Gasteiger partial charge < -0.3 is 10.6 Å². The summed E-state index contributed by atoms with van der Waals surface area (Å²) in [5, 5.41) is 16.7. The van der Waals surface area contributed by atoms with E-state index in [0.717, 1.165) is 5.69 Å². The van der Waals surface area contributed by atoms with Gasteiger partial charge in [-0.25, -0.2) is 4.98 Å². The summed E-state index contributed by atoms with van der Waals surface area (Å²) < 4.78 is 0. The first-order valence-corrected chi connectivity index (χ1v) is 6.57. The Balaban J connectivity index is 2.31. The molecule has 1 aromatic carbocycles. The third-order valence-corrected chi connectivity index (χ3v) is 3.03. The summed E-state index contributed by atoms with van der Waals surface area (Å²) in [4.78, 5) is 18.5. The lowest BCUT2D eigenvalue weighted by molar-refractivity contribution is -0.384. The molecule has 1 heterocycles. The molecular formula is C14H17N5O2. The van der Waals surface area contributed by atoms with E-state index in [9.17, 15) is 10.1 Å². The molecule has 0 aliphatic heterocycles. The highest BCUT2D eigenvalue weighted by Crippen LogP contribution is 2.26. The molecule has 0 aliphatic carbocycles. The first-order chi connectivity index (χ1) is 10.0. The van der Waals surface area contributed by atoms with E-state index in [2.05, 4.69) is 34.4 Å². The number of nitrogens with zero attached hydrogens (tertiary/aromatic N) is 3. The third-order valence-electron chi connectivity index (χ3n) is 3.03. The molecule has 0 saturated heterocycles. The topological polar surface area (TPSA) is 93.0 Å². The molecule has 2 rings (SSSR count). The molecule has 0 radical (unpaired) electrons. The molecule has 7 heteroatoms. The maximum atomic E-state index is 11.0. The lowest BCUT2D eigenvalue weighted by atomic mass is 10.0. The van der Waals surface area contributed by atoms with Gasteiger partial charge in [-0.05, 0) is 23.6 Å². The van der Waals surface area contributed by atoms with E-state index < -0.39 is 4.92 Å². The van der Waals surface area contributed by atoms with Crippen LogP contribution in [0.25, 0.3) is 0 Å². The highest BCUT2D eigenvalue weighted by atomic mass is 16.6. The Morgan fingerprint density at radius 1 is 1.24 bits per heavy atom. The van der Waals surface area contributed by atoms with Crippen molar-refractivity contribution >= 4 is 23.1 Å². The van der Waals surface area contributed by atoms with Gasteiger partial charge in [0.15, 0.2) is 0 Å². The van der Waals surface area contributed by atoms with Crippen molar-refractivity contribution < 1.29 is 4.92 Å². The van der Waals surface area contributed by atoms with Crippen molar-refractivity contribution in [1.82, 2.24) is 9.97 Å². The summed E-state index contributed by atoms with van der Waals surface area (Å²) in [6, 6.07) is 7.72. The highest BCUT2D eigenvalue weighted by Gasteiger charge is 2.17. The Bertz CT molecular complexity index is 640. The Hall–Kier alpha value is -2.70. The molecule has 0 aliphatic rings. The van der Waals surface area contributed by atoms with E-state index in [1.807, 2.05) is 24.3 Å². The van der Waals surface area contributed by atoms with Crippen LogP contribution >= 0.6 is 0 Å². The molecule has 0 saturated carbocycles. The quantitative estimate of drug-likeness (QED) is 0.647. The van der Waals surface area contributed by atoms with Crippen molar-refractivity contribution in [1.29, 1.82) is 0 Å². The number of nitrogens with one attached hydrogen (secondary N) is 2. The second-order valence-electron chi connectivity index (χ2n) is 4.84. The van der Waals surface area contributed by atoms with Crippen molar-refractivity contribution in [3.8, 4) is 0 Å². The molecule has 0 spiro atoms. The van der Waals surface area contributed by atoms with Crippen LogP contribution in [0, 0.1) is 10.1 Å². The fourth-order valence-corrected chi connectivity index (χ4v) is 1.81. The van der Waals surface area contributed by atoms with Gasteiger partial charge in [-0.1, -0.05) is 26.0 Å². The number of rotatable bonds is 5. The molecule has 2 N–H and O–H groups in total. The zero-order chi connectivity index (χ0) is 15.4. The molecule has 0 fully saturated rings. The van der Waals surface area contributed by atoms with Crippen molar-refractivity contribution in [2.75, 3.05) is 17.7 Å². The fourth-order valence-electron chi connectivity index (χ4n) is 1.81. The van der Waals surface area contributed by atoms with Crippen molar-refractivity contribution in [2.24, 2.45) is 0 Å². The van der Waals surface area contributed by atoms with Crippen LogP contribution in [0.15, 0.2) is 30.5 Å². The number of hydrogen-bond donors (Lipinski definition) is 2. The predicted octanol–water partition coefficient (Wildman–Crippen LogP) is 3.29. The maximum Gasteiger partial charge on any atom is 0.329 e. The molecule has 0 amide bonds. The van der Waals surface area contributed by atoms with Gasteiger partial charge in [-0.3, -0.25) is 10.1 Å². The average molecular weight is 287 g/mol. The standard InChI is InChI=1S/C14H17N5O2/c1-9(2)10-4-6-11(7-5-10)17-13-12(19(20)21)8-16-14(15-3)18-13/h4-9H,1-3H3,(H2,15,16,17,18). The van der Waals surface area contributed by atoms with Crippen LogP contribution in [0.1, 0.15) is 25.3 Å². The first kappa shape index (κ1) is 14.7. The summed E-state index contributed by atoms with van der Waals surface area (Å²) in [6.45, 7) is 4.22. The highest BCUT2D eigenvalue weighted by molar-refractivity contribution is 5.66. The van der Waals surface area contributed by atoms with E-state index in [1.165, 1.54) is 11.8 Å². The van der Waals surface area contributed by atoms with Crippen LogP contribution in [0.4, 0.5) is 23.1 Å². The number of anilines is 3. The summed E-state index contributed by atoms with van der Waals surface area (Å²) in [5.74, 6) is 0.918. The van der Waals surface area contributed by atoms with Crippen LogP contribution in [-0.4, -0.2) is 21.9 Å². The van der Waals surface area contributed by atoms with E-state index in [0.29, 0.717) is 11.9 Å². The fraction of sp³-hybridized carbons (Fsp3) is 0.286. The summed E-state index contributed by atoms with van der Waals surface area (Å²) in [6.07, 6.45) is 1.18. The zero-order valence-corrected chi connectivity index (χ0v) is 12.1. The minimum atomic E-state index is -0.510. The van der Waals surface area contributed by atoms with Gasteiger partial charge in [0.05, 0.1) is 4.92 Å². The monoisotopic (exact) mass is 287 g/mol. The molecule has 110 valence electrons. The summed E-state index contributed by atoms with van der Waals surface area (Å²) in [7, 11) is 1.66.